The van der Waals surface area contributed by atoms with Crippen LogP contribution in [0.4, 0.5) is 9.93 Å². The smallest absolute Gasteiger partial charge is 0.324 e. The number of hydrogen-bond donors (Lipinski definition) is 3. The summed E-state index contributed by atoms with van der Waals surface area (Å²) in [5.74, 6) is -2.58. The Morgan fingerprint density at radius 1 is 1.33 bits per heavy atom. The van der Waals surface area contributed by atoms with Gasteiger partial charge < -0.3 is 15.1 Å². The number of nitrogens with zero attached hydrogens (tertiary/aromatic N) is 2. The molecule has 0 unspecified atom stereocenters. The summed E-state index contributed by atoms with van der Waals surface area (Å²) in [6.07, 6.45) is 1.54. The van der Waals surface area contributed by atoms with Crippen molar-refractivity contribution in [3.63, 3.8) is 0 Å². The molecule has 2 amide bonds. The van der Waals surface area contributed by atoms with Crippen LogP contribution < -0.4 is 5.32 Å². The number of aliphatic carboxylic acids is 2. The van der Waals surface area contributed by atoms with E-state index in [4.69, 9.17) is 10.2 Å². The summed E-state index contributed by atoms with van der Waals surface area (Å²) in [6, 6.07) is -0.811. The predicted octanol–water partition coefficient (Wildman–Crippen LogP) is 0.455. The lowest BCUT2D eigenvalue weighted by Crippen LogP contribution is -2.41. The Morgan fingerprint density at radius 3 is 2.28 bits per heavy atom. The summed E-state index contributed by atoms with van der Waals surface area (Å²) < 4.78 is 0. The SMILES string of the molecule is Cc1cnc(NC(=O)N(CC(=O)O)CC(=O)O)s1. The molecule has 0 bridgehead atoms. The van der Waals surface area contributed by atoms with Gasteiger partial charge in [-0.05, 0) is 6.92 Å². The van der Waals surface area contributed by atoms with Crippen molar-refractivity contribution in [2.75, 3.05) is 18.4 Å². The minimum absolute atomic E-state index is 0.290. The van der Waals surface area contributed by atoms with E-state index in [2.05, 4.69) is 10.3 Å². The minimum Gasteiger partial charge on any atom is -0.480 e. The van der Waals surface area contributed by atoms with Gasteiger partial charge in [0.25, 0.3) is 0 Å². The molecule has 0 aliphatic rings. The number of amides is 2. The minimum atomic E-state index is -1.29. The van der Waals surface area contributed by atoms with Crippen LogP contribution in [0.5, 0.6) is 0 Å². The second-order valence-electron chi connectivity index (χ2n) is 3.35. The van der Waals surface area contributed by atoms with Gasteiger partial charge in [-0.2, -0.15) is 0 Å². The molecule has 0 atom stereocenters. The third-order valence-corrected chi connectivity index (χ3v) is 2.60. The number of aryl methyl sites for hydroxylation is 1. The van der Waals surface area contributed by atoms with E-state index >= 15 is 0 Å². The van der Waals surface area contributed by atoms with E-state index < -0.39 is 31.1 Å². The maximum absolute atomic E-state index is 11.6. The summed E-state index contributed by atoms with van der Waals surface area (Å²) >= 11 is 1.21. The highest BCUT2D eigenvalue weighted by molar-refractivity contribution is 7.15. The molecular weight excluding hydrogens is 262 g/mol. The van der Waals surface area contributed by atoms with E-state index in [-0.39, 0.29) is 0 Å². The molecular formula is C9H11N3O5S. The van der Waals surface area contributed by atoms with Crippen molar-refractivity contribution in [1.82, 2.24) is 9.88 Å². The highest BCUT2D eigenvalue weighted by Gasteiger charge is 2.20. The van der Waals surface area contributed by atoms with E-state index in [1.807, 2.05) is 0 Å². The Bertz CT molecular complexity index is 457. The maximum atomic E-state index is 11.6. The lowest BCUT2D eigenvalue weighted by atomic mass is 10.5. The van der Waals surface area contributed by atoms with E-state index in [0.717, 1.165) is 4.88 Å². The molecule has 0 aliphatic carbocycles. The second kappa shape index (κ2) is 5.96. The number of thiazole rings is 1. The average Bonchev–Trinajstić information content (AvgIpc) is 2.61. The molecule has 0 radical (unpaired) electrons. The van der Waals surface area contributed by atoms with Gasteiger partial charge in [0.15, 0.2) is 5.13 Å². The van der Waals surface area contributed by atoms with Crippen LogP contribution in [0.1, 0.15) is 4.88 Å². The van der Waals surface area contributed by atoms with E-state index in [1.165, 1.54) is 11.3 Å². The quantitative estimate of drug-likeness (QED) is 0.716. The molecule has 18 heavy (non-hydrogen) atoms. The highest BCUT2D eigenvalue weighted by atomic mass is 32.1. The summed E-state index contributed by atoms with van der Waals surface area (Å²) in [4.78, 5) is 38.1. The van der Waals surface area contributed by atoms with Crippen LogP contribution in [-0.4, -0.2) is 51.2 Å². The first-order chi connectivity index (χ1) is 8.38. The number of urea groups is 1. The van der Waals surface area contributed by atoms with Crippen LogP contribution in [0.3, 0.4) is 0 Å². The summed E-state index contributed by atoms with van der Waals surface area (Å²) in [5, 5.41) is 19.8. The van der Waals surface area contributed by atoms with Crippen LogP contribution in [0, 0.1) is 6.92 Å². The lowest BCUT2D eigenvalue weighted by molar-refractivity contribution is -0.140. The van der Waals surface area contributed by atoms with Gasteiger partial charge in [0, 0.05) is 11.1 Å². The summed E-state index contributed by atoms with van der Waals surface area (Å²) in [5.41, 5.74) is 0. The van der Waals surface area contributed by atoms with Crippen molar-refractivity contribution in [3.05, 3.63) is 11.1 Å². The third-order valence-electron chi connectivity index (χ3n) is 1.77. The number of carboxylic acid groups (broad SMARTS) is 2. The fraction of sp³-hybridized carbons (Fsp3) is 0.333. The molecule has 3 N–H and O–H groups in total. The predicted molar refractivity (Wildman–Crippen MR) is 62.7 cm³/mol. The topological polar surface area (TPSA) is 120 Å². The zero-order valence-corrected chi connectivity index (χ0v) is 10.2. The van der Waals surface area contributed by atoms with Crippen molar-refractivity contribution in [1.29, 1.82) is 0 Å². The number of carboxylic acids is 2. The number of nitrogens with one attached hydrogen (secondary N) is 1. The zero-order valence-electron chi connectivity index (χ0n) is 9.41. The monoisotopic (exact) mass is 273 g/mol. The Balaban J connectivity index is 2.69. The van der Waals surface area contributed by atoms with Crippen molar-refractivity contribution in [3.8, 4) is 0 Å². The van der Waals surface area contributed by atoms with Gasteiger partial charge in [-0.25, -0.2) is 9.78 Å². The van der Waals surface area contributed by atoms with Crippen LogP contribution in [0.25, 0.3) is 0 Å². The first kappa shape index (κ1) is 13.9. The van der Waals surface area contributed by atoms with Crippen molar-refractivity contribution in [2.45, 2.75) is 6.92 Å². The van der Waals surface area contributed by atoms with Crippen LogP contribution >= 0.6 is 11.3 Å². The molecule has 0 aliphatic heterocycles. The van der Waals surface area contributed by atoms with Crippen molar-refractivity contribution < 1.29 is 24.6 Å². The molecule has 0 saturated carbocycles. The number of rotatable bonds is 5. The van der Waals surface area contributed by atoms with E-state index in [1.54, 1.807) is 13.1 Å². The molecule has 1 heterocycles. The zero-order chi connectivity index (χ0) is 13.7. The highest BCUT2D eigenvalue weighted by Crippen LogP contribution is 2.16. The molecule has 0 fully saturated rings. The molecule has 0 saturated heterocycles. The maximum Gasteiger partial charge on any atom is 0.324 e. The fourth-order valence-corrected chi connectivity index (χ4v) is 1.76. The Labute approximate surface area is 106 Å². The Hall–Kier alpha value is -2.16. The molecule has 0 aromatic carbocycles. The van der Waals surface area contributed by atoms with Gasteiger partial charge in [0.1, 0.15) is 13.1 Å². The number of carbonyl (C=O) groups is 3. The van der Waals surface area contributed by atoms with Gasteiger partial charge in [-0.15, -0.1) is 11.3 Å². The molecule has 0 spiro atoms. The largest absolute Gasteiger partial charge is 0.480 e. The molecule has 1 aromatic rings. The molecule has 1 aromatic heterocycles. The Kier molecular flexibility index (Phi) is 4.60. The second-order valence-corrected chi connectivity index (χ2v) is 4.58. The number of aromatic nitrogens is 1. The van der Waals surface area contributed by atoms with Crippen LogP contribution in [0.2, 0.25) is 0 Å². The van der Waals surface area contributed by atoms with Gasteiger partial charge in [-0.1, -0.05) is 0 Å². The fourth-order valence-electron chi connectivity index (χ4n) is 1.11. The number of anilines is 1. The first-order valence-electron chi connectivity index (χ1n) is 4.80. The van der Waals surface area contributed by atoms with Crippen LogP contribution in [0.15, 0.2) is 6.20 Å². The standard InChI is InChI=1S/C9H11N3O5S/c1-5-2-10-8(18-5)11-9(17)12(3-6(13)14)4-7(15)16/h2H,3-4H2,1H3,(H,13,14)(H,15,16)(H,10,11,17). The number of hydrogen-bond acceptors (Lipinski definition) is 5. The average molecular weight is 273 g/mol. The third kappa shape index (κ3) is 4.37. The Morgan fingerprint density at radius 2 is 1.89 bits per heavy atom. The van der Waals surface area contributed by atoms with E-state index in [0.29, 0.717) is 10.0 Å². The molecule has 9 heteroatoms. The van der Waals surface area contributed by atoms with Gasteiger partial charge in [0.2, 0.25) is 0 Å². The number of carbonyl (C=O) groups excluding carboxylic acids is 1. The first-order valence-corrected chi connectivity index (χ1v) is 5.62. The normalized spacial score (nSPS) is 9.83. The van der Waals surface area contributed by atoms with Crippen LogP contribution in [-0.2, 0) is 9.59 Å². The molecule has 1 rings (SSSR count). The van der Waals surface area contributed by atoms with Gasteiger partial charge >= 0.3 is 18.0 Å². The van der Waals surface area contributed by atoms with Crippen molar-refractivity contribution in [2.24, 2.45) is 0 Å². The van der Waals surface area contributed by atoms with Gasteiger partial charge in [-0.3, -0.25) is 14.9 Å². The molecule has 8 nitrogen and oxygen atoms in total. The van der Waals surface area contributed by atoms with Gasteiger partial charge in [0.05, 0.1) is 0 Å². The summed E-state index contributed by atoms with van der Waals surface area (Å²) in [7, 11) is 0. The molecule has 98 valence electrons. The summed E-state index contributed by atoms with van der Waals surface area (Å²) in [6.45, 7) is 0.407. The van der Waals surface area contributed by atoms with E-state index in [9.17, 15) is 14.4 Å². The lowest BCUT2D eigenvalue weighted by Gasteiger charge is -2.17. The van der Waals surface area contributed by atoms with Crippen molar-refractivity contribution >= 4 is 34.4 Å².